The average Bonchev–Trinajstić information content (AvgIpc) is 2.36. The predicted octanol–water partition coefficient (Wildman–Crippen LogP) is 1.29. The van der Waals surface area contributed by atoms with Crippen molar-refractivity contribution in [1.82, 2.24) is 9.80 Å². The van der Waals surface area contributed by atoms with Crippen LogP contribution in [0, 0.1) is 0 Å². The first kappa shape index (κ1) is 17.5. The average molecular weight is 312 g/mol. The maximum atomic E-state index is 12.5. The lowest BCUT2D eigenvalue weighted by Crippen LogP contribution is -2.53. The fraction of sp³-hybridized carbons (Fsp3) is 0.833. The quantitative estimate of drug-likeness (QED) is 0.801. The number of hydrogen-bond donors (Lipinski definition) is 2. The summed E-state index contributed by atoms with van der Waals surface area (Å²) in [6, 6.07) is -1.28. The zero-order valence-corrected chi connectivity index (χ0v) is 11.5. The van der Waals surface area contributed by atoms with Crippen molar-refractivity contribution in [3.05, 3.63) is 0 Å². The minimum Gasteiger partial charge on any atom is -0.480 e. The molecule has 6 nitrogen and oxygen atoms in total. The summed E-state index contributed by atoms with van der Waals surface area (Å²) in [7, 11) is 0. The molecular weight excluding hydrogens is 293 g/mol. The summed E-state index contributed by atoms with van der Waals surface area (Å²) >= 11 is 0. The number of likely N-dealkylation sites (tertiary alicyclic amines) is 1. The molecule has 0 aromatic heterocycles. The molecule has 0 bridgehead atoms. The van der Waals surface area contributed by atoms with E-state index in [1.165, 1.54) is 4.90 Å². The van der Waals surface area contributed by atoms with Gasteiger partial charge in [-0.2, -0.15) is 13.2 Å². The number of aliphatic hydroxyl groups excluding tert-OH is 1. The highest BCUT2D eigenvalue weighted by Gasteiger charge is 2.37. The zero-order chi connectivity index (χ0) is 16.0. The van der Waals surface area contributed by atoms with Gasteiger partial charge in [-0.05, 0) is 25.7 Å². The Balaban J connectivity index is 2.83. The van der Waals surface area contributed by atoms with E-state index < -0.39 is 31.3 Å². The third-order valence-corrected chi connectivity index (χ3v) is 3.30. The summed E-state index contributed by atoms with van der Waals surface area (Å²) in [6.45, 7) is -2.49. The maximum Gasteiger partial charge on any atom is 0.406 e. The second-order valence-corrected chi connectivity index (χ2v) is 5.00. The van der Waals surface area contributed by atoms with Crippen LogP contribution in [0.1, 0.15) is 25.7 Å². The van der Waals surface area contributed by atoms with Gasteiger partial charge in [-0.15, -0.1) is 0 Å². The number of aliphatic hydroxyl groups is 1. The Morgan fingerprint density at radius 1 is 1.29 bits per heavy atom. The molecule has 122 valence electrons. The van der Waals surface area contributed by atoms with Gasteiger partial charge in [0.05, 0.1) is 0 Å². The Morgan fingerprint density at radius 3 is 2.48 bits per heavy atom. The fourth-order valence-corrected chi connectivity index (χ4v) is 2.45. The van der Waals surface area contributed by atoms with Crippen LogP contribution in [0.4, 0.5) is 18.0 Å². The van der Waals surface area contributed by atoms with Crippen LogP contribution in [0.2, 0.25) is 0 Å². The Labute approximate surface area is 120 Å². The van der Waals surface area contributed by atoms with Gasteiger partial charge < -0.3 is 20.0 Å². The fourth-order valence-electron chi connectivity index (χ4n) is 2.45. The van der Waals surface area contributed by atoms with E-state index in [0.717, 1.165) is 6.42 Å². The number of piperidine rings is 1. The normalized spacial score (nSPS) is 19.4. The first-order valence-corrected chi connectivity index (χ1v) is 6.69. The zero-order valence-electron chi connectivity index (χ0n) is 11.5. The summed E-state index contributed by atoms with van der Waals surface area (Å²) in [5.41, 5.74) is 0. The first-order valence-electron chi connectivity index (χ1n) is 6.69. The number of amides is 2. The number of hydrogen-bond acceptors (Lipinski definition) is 3. The molecule has 0 spiro atoms. The van der Waals surface area contributed by atoms with Crippen LogP contribution in [0.5, 0.6) is 0 Å². The van der Waals surface area contributed by atoms with Crippen molar-refractivity contribution in [3.63, 3.8) is 0 Å². The third kappa shape index (κ3) is 5.78. The number of carbonyl (C=O) groups is 2. The van der Waals surface area contributed by atoms with Crippen molar-refractivity contribution in [2.75, 3.05) is 26.2 Å². The highest BCUT2D eigenvalue weighted by Crippen LogP contribution is 2.23. The van der Waals surface area contributed by atoms with Crippen LogP contribution in [0.15, 0.2) is 0 Å². The molecule has 0 aromatic carbocycles. The monoisotopic (exact) mass is 312 g/mol. The van der Waals surface area contributed by atoms with E-state index in [4.69, 9.17) is 10.2 Å². The molecule has 1 rings (SSSR count). The summed E-state index contributed by atoms with van der Waals surface area (Å²) in [4.78, 5) is 24.4. The highest BCUT2D eigenvalue weighted by molar-refractivity contribution is 5.80. The van der Waals surface area contributed by atoms with Gasteiger partial charge in [0.15, 0.2) is 0 Å². The van der Waals surface area contributed by atoms with E-state index in [1.807, 2.05) is 0 Å². The molecule has 1 heterocycles. The van der Waals surface area contributed by atoms with Gasteiger partial charge in [-0.25, -0.2) is 4.79 Å². The number of aliphatic carboxylic acids is 1. The van der Waals surface area contributed by atoms with E-state index in [-0.39, 0.29) is 30.5 Å². The number of carboxylic acids is 1. The van der Waals surface area contributed by atoms with Gasteiger partial charge in [0.25, 0.3) is 0 Å². The molecule has 1 fully saturated rings. The van der Waals surface area contributed by atoms with E-state index in [9.17, 15) is 22.8 Å². The van der Waals surface area contributed by atoms with Gasteiger partial charge in [-0.3, -0.25) is 4.79 Å². The predicted molar refractivity (Wildman–Crippen MR) is 66.7 cm³/mol. The molecular formula is C12H19F3N2O4. The lowest BCUT2D eigenvalue weighted by molar-refractivity contribution is -0.150. The SMILES string of the molecule is O=C(O)CN(CC(F)(F)F)C(=O)N1CCCCC1CCO. The summed E-state index contributed by atoms with van der Waals surface area (Å²) in [6.07, 6.45) is -2.31. The molecule has 2 amide bonds. The lowest BCUT2D eigenvalue weighted by Gasteiger charge is -2.38. The summed E-state index contributed by atoms with van der Waals surface area (Å²) in [5.74, 6) is -1.50. The van der Waals surface area contributed by atoms with Crippen molar-refractivity contribution >= 4 is 12.0 Å². The Kier molecular flexibility index (Phi) is 6.25. The molecule has 2 N–H and O–H groups in total. The largest absolute Gasteiger partial charge is 0.480 e. The van der Waals surface area contributed by atoms with Gasteiger partial charge in [-0.1, -0.05) is 0 Å². The van der Waals surface area contributed by atoms with Crippen LogP contribution in [-0.2, 0) is 4.79 Å². The maximum absolute atomic E-state index is 12.5. The summed E-state index contributed by atoms with van der Waals surface area (Å²) < 4.78 is 37.5. The Bertz CT molecular complexity index is 374. The van der Waals surface area contributed by atoms with Gasteiger partial charge in [0, 0.05) is 19.2 Å². The van der Waals surface area contributed by atoms with Crippen molar-refractivity contribution < 1.29 is 33.0 Å². The minimum atomic E-state index is -4.66. The number of urea groups is 1. The molecule has 1 unspecified atom stereocenters. The summed E-state index contributed by atoms with van der Waals surface area (Å²) in [5, 5.41) is 17.6. The molecule has 21 heavy (non-hydrogen) atoms. The molecule has 1 saturated heterocycles. The molecule has 1 aliphatic rings. The number of halogens is 3. The standard InChI is InChI=1S/C12H19F3N2O4/c13-12(14,15)8-16(7-10(19)20)11(21)17-5-2-1-3-9(17)4-6-18/h9,18H,1-8H2,(H,19,20). The van der Waals surface area contributed by atoms with Gasteiger partial charge >= 0.3 is 18.2 Å². The molecule has 0 radical (unpaired) electrons. The first-order chi connectivity index (χ1) is 9.74. The van der Waals surface area contributed by atoms with Crippen LogP contribution >= 0.6 is 0 Å². The van der Waals surface area contributed by atoms with Crippen LogP contribution in [0.3, 0.4) is 0 Å². The molecule has 0 saturated carbocycles. The number of carbonyl (C=O) groups excluding carboxylic acids is 1. The van der Waals surface area contributed by atoms with Gasteiger partial charge in [0.1, 0.15) is 13.1 Å². The smallest absolute Gasteiger partial charge is 0.406 e. The molecule has 1 atom stereocenters. The number of nitrogens with zero attached hydrogens (tertiary/aromatic N) is 2. The van der Waals surface area contributed by atoms with Crippen molar-refractivity contribution in [3.8, 4) is 0 Å². The molecule has 9 heteroatoms. The van der Waals surface area contributed by atoms with E-state index in [2.05, 4.69) is 0 Å². The minimum absolute atomic E-state index is 0.174. The van der Waals surface area contributed by atoms with Crippen LogP contribution in [-0.4, -0.2) is 70.5 Å². The molecule has 1 aliphatic heterocycles. The number of alkyl halides is 3. The topological polar surface area (TPSA) is 81.1 Å². The third-order valence-electron chi connectivity index (χ3n) is 3.30. The van der Waals surface area contributed by atoms with Crippen LogP contribution < -0.4 is 0 Å². The number of carboxylic acid groups (broad SMARTS) is 1. The Morgan fingerprint density at radius 2 is 1.95 bits per heavy atom. The molecule has 0 aromatic rings. The second-order valence-electron chi connectivity index (χ2n) is 5.00. The van der Waals surface area contributed by atoms with Crippen LogP contribution in [0.25, 0.3) is 0 Å². The number of rotatable bonds is 5. The van der Waals surface area contributed by atoms with Gasteiger partial charge in [0.2, 0.25) is 0 Å². The molecule has 0 aliphatic carbocycles. The highest BCUT2D eigenvalue weighted by atomic mass is 19.4. The lowest BCUT2D eigenvalue weighted by atomic mass is 10.00. The van der Waals surface area contributed by atoms with E-state index in [1.54, 1.807) is 0 Å². The second kappa shape index (κ2) is 7.48. The van der Waals surface area contributed by atoms with Crippen molar-refractivity contribution in [1.29, 1.82) is 0 Å². The Hall–Kier alpha value is -1.51. The van der Waals surface area contributed by atoms with Crippen molar-refractivity contribution in [2.45, 2.75) is 37.9 Å². The van der Waals surface area contributed by atoms with E-state index in [0.29, 0.717) is 12.8 Å². The van der Waals surface area contributed by atoms with E-state index >= 15 is 0 Å². The van der Waals surface area contributed by atoms with Crippen molar-refractivity contribution in [2.24, 2.45) is 0 Å².